The number of Topliss-reactive ketones (excluding diaryl/α,β-unsaturated/α-hetero) is 2. The van der Waals surface area contributed by atoms with Crippen molar-refractivity contribution in [3.05, 3.63) is 130 Å². The van der Waals surface area contributed by atoms with Gasteiger partial charge in [-0.2, -0.15) is 0 Å². The van der Waals surface area contributed by atoms with Crippen LogP contribution in [0.3, 0.4) is 0 Å². The Morgan fingerprint density at radius 2 is 1.52 bits per heavy atom. The largest absolute Gasteiger partial charge is 0.507 e. The lowest BCUT2D eigenvalue weighted by Gasteiger charge is -2.38. The van der Waals surface area contributed by atoms with E-state index in [0.29, 0.717) is 5.69 Å². The second-order valence-electron chi connectivity index (χ2n) is 16.8. The molecule has 3 aromatic carbocycles. The standard InChI is InChI=1S/C50H56N2O12/c1-25-14-13-15-26(2)49(60)52-40-35(24-51-34-20-18-33(19-21-34)32-16-11-10-12-17-32)44(57)37-38(45(40)58)43(56)30(6)47-39(37)48(59)50(8,64-47)62-23-22-36(61-9)27(3)46(63-31(7)53)29(5)42(55)28(4)41(25)54/h10-25,27-29,36,41-42,46,51,54-56,58H,1-9H3,(H,52,60)/b14-13+,23-22+,26-15?,35-24-. The minimum Gasteiger partial charge on any atom is -0.507 e. The highest BCUT2D eigenvalue weighted by atomic mass is 16.7. The summed E-state index contributed by atoms with van der Waals surface area (Å²) in [4.78, 5) is 55.6. The average Bonchev–Trinajstić information content (AvgIpc) is 3.54. The van der Waals surface area contributed by atoms with Crippen LogP contribution in [0.1, 0.15) is 80.3 Å². The fraction of sp³-hybridized carbons (Fsp3) is 0.360. The molecule has 3 aromatic rings. The molecular formula is C50H56N2O12. The van der Waals surface area contributed by atoms with Crippen LogP contribution in [0.4, 0.5) is 5.69 Å². The lowest BCUT2D eigenvalue weighted by Crippen LogP contribution is -2.46. The number of carbonyl (C=O) groups is 4. The first-order valence-electron chi connectivity index (χ1n) is 21.1. The van der Waals surface area contributed by atoms with Crippen molar-refractivity contribution >= 4 is 34.9 Å². The fourth-order valence-electron chi connectivity index (χ4n) is 8.41. The minimum absolute atomic E-state index is 0.0184. The average molecular weight is 877 g/mol. The Kier molecular flexibility index (Phi) is 14.0. The van der Waals surface area contributed by atoms with E-state index in [1.807, 2.05) is 42.5 Å². The highest BCUT2D eigenvalue weighted by Crippen LogP contribution is 2.50. The Morgan fingerprint density at radius 1 is 0.859 bits per heavy atom. The molecule has 5 bridgehead atoms. The van der Waals surface area contributed by atoms with Crippen molar-refractivity contribution in [3.8, 4) is 22.6 Å². The van der Waals surface area contributed by atoms with E-state index in [1.54, 1.807) is 52.0 Å². The Hall–Kier alpha value is -6.48. The smallest absolute Gasteiger partial charge is 0.312 e. The van der Waals surface area contributed by atoms with Crippen LogP contribution < -0.4 is 15.4 Å². The van der Waals surface area contributed by atoms with Gasteiger partial charge in [-0.3, -0.25) is 19.2 Å². The van der Waals surface area contributed by atoms with Gasteiger partial charge in [0, 0.05) is 67.7 Å². The topological polar surface area (TPSA) is 210 Å². The first kappa shape index (κ1) is 47.0. The van der Waals surface area contributed by atoms with Crippen LogP contribution in [0, 0.1) is 30.6 Å². The van der Waals surface area contributed by atoms with Gasteiger partial charge in [-0.05, 0) is 43.2 Å². The van der Waals surface area contributed by atoms with E-state index in [2.05, 4.69) is 10.6 Å². The monoisotopic (exact) mass is 876 g/mol. The number of phenolic OH excluding ortho intramolecular Hbond substituents is 1. The van der Waals surface area contributed by atoms with E-state index in [0.717, 1.165) is 11.1 Å². The number of allylic oxidation sites excluding steroid dienone is 3. The van der Waals surface area contributed by atoms with Gasteiger partial charge in [0.1, 0.15) is 17.6 Å². The van der Waals surface area contributed by atoms with Crippen LogP contribution in [0.5, 0.6) is 11.5 Å². The predicted octanol–water partition coefficient (Wildman–Crippen LogP) is 7.45. The first-order valence-corrected chi connectivity index (χ1v) is 21.1. The number of benzene rings is 3. The number of ketones is 2. The third-order valence-corrected chi connectivity index (χ3v) is 12.4. The highest BCUT2D eigenvalue weighted by Gasteiger charge is 2.52. The van der Waals surface area contributed by atoms with Gasteiger partial charge in [0.05, 0.1) is 52.5 Å². The number of aliphatic hydroxyl groups excluding tert-OH is 3. The van der Waals surface area contributed by atoms with Crippen LogP contribution in [-0.4, -0.2) is 81.2 Å². The van der Waals surface area contributed by atoms with Crippen LogP contribution >= 0.6 is 0 Å². The van der Waals surface area contributed by atoms with Gasteiger partial charge in [-0.25, -0.2) is 0 Å². The molecule has 64 heavy (non-hydrogen) atoms. The first-order chi connectivity index (χ1) is 30.3. The van der Waals surface area contributed by atoms with E-state index in [1.165, 1.54) is 59.4 Å². The molecule has 0 aromatic heterocycles. The van der Waals surface area contributed by atoms with Gasteiger partial charge in [0.15, 0.2) is 11.5 Å². The van der Waals surface area contributed by atoms with Crippen molar-refractivity contribution in [1.82, 2.24) is 5.32 Å². The summed E-state index contributed by atoms with van der Waals surface area (Å²) in [7, 11) is 1.43. The van der Waals surface area contributed by atoms with Gasteiger partial charge >= 0.3 is 11.8 Å². The van der Waals surface area contributed by atoms with Crippen molar-refractivity contribution in [2.45, 2.75) is 85.6 Å². The highest BCUT2D eigenvalue weighted by molar-refractivity contribution is 6.26. The number of hydrogen-bond acceptors (Lipinski definition) is 13. The number of carbonyl (C=O) groups excluding carboxylic acids is 4. The number of rotatable bonds is 5. The third-order valence-electron chi connectivity index (χ3n) is 12.4. The van der Waals surface area contributed by atoms with Gasteiger partial charge in [-0.1, -0.05) is 88.4 Å². The summed E-state index contributed by atoms with van der Waals surface area (Å²) in [6.45, 7) is 12.4. The number of amides is 1. The van der Waals surface area contributed by atoms with Crippen LogP contribution in [-0.2, 0) is 23.8 Å². The molecule has 4 aliphatic rings. The minimum atomic E-state index is -2.09. The zero-order valence-electron chi connectivity index (χ0n) is 37.3. The van der Waals surface area contributed by atoms with Crippen molar-refractivity contribution in [2.24, 2.45) is 23.7 Å². The molecule has 7 rings (SSSR count). The number of esters is 1. The van der Waals surface area contributed by atoms with E-state index < -0.39 is 88.8 Å². The molecule has 9 atom stereocenters. The second-order valence-corrected chi connectivity index (χ2v) is 16.8. The van der Waals surface area contributed by atoms with Crippen molar-refractivity contribution in [2.75, 3.05) is 12.4 Å². The maximum atomic E-state index is 14.8. The lowest BCUT2D eigenvalue weighted by atomic mass is 9.78. The molecular weight excluding hydrogens is 821 g/mol. The van der Waals surface area contributed by atoms with E-state index in [4.69, 9.17) is 18.9 Å². The zero-order valence-corrected chi connectivity index (χ0v) is 37.3. The van der Waals surface area contributed by atoms with Gasteiger partial charge in [0.25, 0.3) is 11.7 Å². The van der Waals surface area contributed by atoms with Gasteiger partial charge in [-0.15, -0.1) is 0 Å². The molecule has 0 radical (unpaired) electrons. The molecule has 3 aliphatic heterocycles. The van der Waals surface area contributed by atoms with Crippen LogP contribution in [0.2, 0.25) is 0 Å². The number of phenols is 1. The van der Waals surface area contributed by atoms with Gasteiger partial charge < -0.3 is 50.0 Å². The quantitative estimate of drug-likeness (QED) is 0.109. The van der Waals surface area contributed by atoms with Crippen molar-refractivity contribution in [1.29, 1.82) is 0 Å². The van der Waals surface area contributed by atoms with Crippen LogP contribution in [0.15, 0.2) is 108 Å². The molecule has 0 spiro atoms. The Bertz CT molecular complexity index is 2470. The number of methoxy groups -OCH3 is 1. The summed E-state index contributed by atoms with van der Waals surface area (Å²) in [5, 5.41) is 52.3. The van der Waals surface area contributed by atoms with E-state index >= 15 is 0 Å². The molecule has 14 nitrogen and oxygen atoms in total. The molecule has 338 valence electrons. The summed E-state index contributed by atoms with van der Waals surface area (Å²) >= 11 is 0. The Labute approximate surface area is 372 Å². The molecule has 3 heterocycles. The lowest BCUT2D eigenvalue weighted by molar-refractivity contribution is -0.160. The molecule has 1 aliphatic carbocycles. The van der Waals surface area contributed by atoms with E-state index in [-0.39, 0.29) is 44.8 Å². The summed E-state index contributed by atoms with van der Waals surface area (Å²) in [5.74, 6) is -8.97. The summed E-state index contributed by atoms with van der Waals surface area (Å²) < 4.78 is 23.6. The molecule has 6 N–H and O–H groups in total. The number of hydrogen-bond donors (Lipinski definition) is 6. The predicted molar refractivity (Wildman–Crippen MR) is 240 cm³/mol. The summed E-state index contributed by atoms with van der Waals surface area (Å²) in [5.41, 5.74) is 1.07. The third kappa shape index (κ3) is 9.12. The SMILES string of the molecule is COC1/C=C/OC2(C)Oc3c(C)c(O)c4c(c3C2=O)C(=O)/C(=C\Nc2ccc(-c3ccccc3)cc2)C(=C4O)NC(=O)C(C)=C/C=C/C(C)C(O)C(C)C(O)C(C)C(OC(C)=O)C1C. The molecule has 0 saturated heterocycles. The van der Waals surface area contributed by atoms with Gasteiger partial charge in [0.2, 0.25) is 0 Å². The molecule has 14 heteroatoms. The van der Waals surface area contributed by atoms with E-state index in [9.17, 15) is 39.6 Å². The number of aromatic hydroxyl groups is 1. The Morgan fingerprint density at radius 3 is 2.16 bits per heavy atom. The number of nitrogens with one attached hydrogen (secondary N) is 2. The maximum Gasteiger partial charge on any atom is 0.312 e. The van der Waals surface area contributed by atoms with Crippen LogP contribution in [0.25, 0.3) is 16.9 Å². The molecule has 1 amide bonds. The normalized spacial score (nSPS) is 29.3. The Balaban J connectivity index is 1.48. The van der Waals surface area contributed by atoms with Crippen molar-refractivity contribution < 1.29 is 58.6 Å². The second kappa shape index (κ2) is 19.1. The summed E-state index contributed by atoms with van der Waals surface area (Å²) in [6, 6.07) is 17.1. The number of aliphatic hydroxyl groups is 3. The molecule has 0 saturated carbocycles. The fourth-order valence-corrected chi connectivity index (χ4v) is 8.41. The maximum absolute atomic E-state index is 14.8. The zero-order chi connectivity index (χ0) is 46.8. The molecule has 9 unspecified atom stereocenters. The number of fused-ring (bicyclic) bond motifs is 14. The molecule has 0 fully saturated rings. The number of anilines is 1. The summed E-state index contributed by atoms with van der Waals surface area (Å²) in [6.07, 6.45) is 4.73. The number of ether oxygens (including phenoxy) is 4. The van der Waals surface area contributed by atoms with Crippen molar-refractivity contribution in [3.63, 3.8) is 0 Å².